The number of ether oxygens (including phenoxy) is 1. The summed E-state index contributed by atoms with van der Waals surface area (Å²) in [6, 6.07) is 5.12. The molecular formula is C14H13Cl2NO2. The SMILES string of the molecule is CC(C)CC1=N/C(=C/c2ccc(Cl)c(Cl)c2)C(=O)O1. The Balaban J connectivity index is 2.25. The summed E-state index contributed by atoms with van der Waals surface area (Å²) in [4.78, 5) is 15.8. The number of carbonyl (C=O) groups is 1. The molecule has 100 valence electrons. The molecule has 0 N–H and O–H groups in total. The molecule has 0 saturated carbocycles. The second-order valence-corrected chi connectivity index (χ2v) is 5.51. The molecule has 5 heteroatoms. The summed E-state index contributed by atoms with van der Waals surface area (Å²) in [5.41, 5.74) is 1.05. The molecule has 0 aromatic heterocycles. The molecule has 3 nitrogen and oxygen atoms in total. The molecule has 19 heavy (non-hydrogen) atoms. The van der Waals surface area contributed by atoms with Gasteiger partial charge in [-0.15, -0.1) is 0 Å². The molecule has 2 rings (SSSR count). The van der Waals surface area contributed by atoms with E-state index in [1.807, 2.05) is 13.8 Å². The van der Waals surface area contributed by atoms with Crippen LogP contribution in [-0.2, 0) is 9.53 Å². The van der Waals surface area contributed by atoms with E-state index < -0.39 is 5.97 Å². The van der Waals surface area contributed by atoms with Crippen molar-refractivity contribution >= 4 is 41.1 Å². The zero-order valence-electron chi connectivity index (χ0n) is 10.6. The monoisotopic (exact) mass is 297 g/mol. The Bertz CT molecular complexity index is 577. The van der Waals surface area contributed by atoms with Gasteiger partial charge in [0.25, 0.3) is 0 Å². The van der Waals surface area contributed by atoms with Crippen LogP contribution >= 0.6 is 23.2 Å². The summed E-state index contributed by atoms with van der Waals surface area (Å²) in [6.45, 7) is 4.08. The first-order valence-corrected chi connectivity index (χ1v) is 6.68. The van der Waals surface area contributed by atoms with E-state index in [9.17, 15) is 4.79 Å². The molecule has 1 aliphatic heterocycles. The van der Waals surface area contributed by atoms with Gasteiger partial charge in [0.1, 0.15) is 0 Å². The van der Waals surface area contributed by atoms with Gasteiger partial charge in [0, 0.05) is 6.42 Å². The normalized spacial score (nSPS) is 17.0. The minimum atomic E-state index is -0.429. The van der Waals surface area contributed by atoms with Crippen molar-refractivity contribution in [2.75, 3.05) is 0 Å². The molecule has 0 fully saturated rings. The Kier molecular flexibility index (Phi) is 4.27. The number of hydrogen-bond donors (Lipinski definition) is 0. The van der Waals surface area contributed by atoms with E-state index in [2.05, 4.69) is 4.99 Å². The number of hydrogen-bond acceptors (Lipinski definition) is 3. The number of esters is 1. The van der Waals surface area contributed by atoms with Gasteiger partial charge in [0.15, 0.2) is 11.6 Å². The highest BCUT2D eigenvalue weighted by atomic mass is 35.5. The zero-order chi connectivity index (χ0) is 14.0. The van der Waals surface area contributed by atoms with Crippen molar-refractivity contribution < 1.29 is 9.53 Å². The lowest BCUT2D eigenvalue weighted by atomic mass is 10.1. The second kappa shape index (κ2) is 5.76. The van der Waals surface area contributed by atoms with E-state index >= 15 is 0 Å². The van der Waals surface area contributed by atoms with Crippen LogP contribution in [0.3, 0.4) is 0 Å². The molecule has 1 aromatic carbocycles. The van der Waals surface area contributed by atoms with Crippen LogP contribution < -0.4 is 0 Å². The van der Waals surface area contributed by atoms with Crippen LogP contribution in [0, 0.1) is 5.92 Å². The molecule has 0 radical (unpaired) electrons. The molecule has 0 aliphatic carbocycles. The first kappa shape index (κ1) is 14.1. The molecule has 0 spiro atoms. The lowest BCUT2D eigenvalue weighted by molar-refractivity contribution is -0.130. The lowest BCUT2D eigenvalue weighted by Crippen LogP contribution is -2.06. The lowest BCUT2D eigenvalue weighted by Gasteiger charge is -2.01. The molecule has 1 aliphatic rings. The smallest absolute Gasteiger partial charge is 0.363 e. The summed E-state index contributed by atoms with van der Waals surface area (Å²) < 4.78 is 5.09. The quantitative estimate of drug-likeness (QED) is 0.615. The van der Waals surface area contributed by atoms with Crippen molar-refractivity contribution in [3.05, 3.63) is 39.5 Å². The van der Waals surface area contributed by atoms with Gasteiger partial charge in [-0.1, -0.05) is 43.1 Å². The summed E-state index contributed by atoms with van der Waals surface area (Å²) >= 11 is 11.8. The summed E-state index contributed by atoms with van der Waals surface area (Å²) in [5.74, 6) is 0.420. The summed E-state index contributed by atoms with van der Waals surface area (Å²) in [5, 5.41) is 0.913. The fraction of sp³-hybridized carbons (Fsp3) is 0.286. The molecular weight excluding hydrogens is 285 g/mol. The van der Waals surface area contributed by atoms with E-state index in [4.69, 9.17) is 27.9 Å². The third-order valence-corrected chi connectivity index (χ3v) is 3.23. The number of halogens is 2. The Hall–Kier alpha value is -1.32. The number of rotatable bonds is 3. The molecule has 0 amide bonds. The molecule has 1 aromatic rings. The van der Waals surface area contributed by atoms with Gasteiger partial charge in [0.2, 0.25) is 0 Å². The van der Waals surface area contributed by atoms with Crippen molar-refractivity contribution in [1.82, 2.24) is 0 Å². The van der Waals surface area contributed by atoms with Gasteiger partial charge in [-0.05, 0) is 29.7 Å². The van der Waals surface area contributed by atoms with Crippen molar-refractivity contribution in [1.29, 1.82) is 0 Å². The predicted octanol–water partition coefficient (Wildman–Crippen LogP) is 4.34. The third kappa shape index (κ3) is 3.58. The first-order chi connectivity index (χ1) is 8.95. The van der Waals surface area contributed by atoms with Crippen LogP contribution in [0.5, 0.6) is 0 Å². The number of cyclic esters (lactones) is 1. The minimum Gasteiger partial charge on any atom is -0.407 e. The predicted molar refractivity (Wildman–Crippen MR) is 77.4 cm³/mol. The third-order valence-electron chi connectivity index (χ3n) is 2.49. The minimum absolute atomic E-state index is 0.286. The standard InChI is InChI=1S/C14H13Cl2NO2/c1-8(2)5-13-17-12(14(18)19-13)7-9-3-4-10(15)11(16)6-9/h3-4,6-8H,5H2,1-2H3/b12-7+. The largest absolute Gasteiger partial charge is 0.407 e. The van der Waals surface area contributed by atoms with Gasteiger partial charge >= 0.3 is 5.97 Å². The summed E-state index contributed by atoms with van der Waals surface area (Å²) in [6.07, 6.45) is 2.28. The number of aliphatic imine (C=N–C) groups is 1. The molecule has 0 atom stereocenters. The molecule has 0 unspecified atom stereocenters. The van der Waals surface area contributed by atoms with Crippen LogP contribution in [0.1, 0.15) is 25.8 Å². The number of carbonyl (C=O) groups excluding carboxylic acids is 1. The Morgan fingerprint density at radius 1 is 1.32 bits per heavy atom. The van der Waals surface area contributed by atoms with E-state index in [1.54, 1.807) is 24.3 Å². The van der Waals surface area contributed by atoms with Crippen molar-refractivity contribution in [2.24, 2.45) is 10.9 Å². The van der Waals surface area contributed by atoms with Crippen LogP contribution in [0.15, 0.2) is 28.9 Å². The highest BCUT2D eigenvalue weighted by molar-refractivity contribution is 6.42. The van der Waals surface area contributed by atoms with Crippen molar-refractivity contribution in [2.45, 2.75) is 20.3 Å². The fourth-order valence-electron chi connectivity index (χ4n) is 1.65. The zero-order valence-corrected chi connectivity index (χ0v) is 12.1. The number of nitrogens with zero attached hydrogens (tertiary/aromatic N) is 1. The van der Waals surface area contributed by atoms with Crippen molar-refractivity contribution in [3.63, 3.8) is 0 Å². The average Bonchev–Trinajstić information content (AvgIpc) is 2.63. The maximum absolute atomic E-state index is 11.7. The van der Waals surface area contributed by atoms with Gasteiger partial charge in [-0.2, -0.15) is 0 Å². The Morgan fingerprint density at radius 2 is 2.05 bits per heavy atom. The maximum Gasteiger partial charge on any atom is 0.363 e. The van der Waals surface area contributed by atoms with E-state index in [0.717, 1.165) is 5.56 Å². The highest BCUT2D eigenvalue weighted by Crippen LogP contribution is 2.25. The van der Waals surface area contributed by atoms with Crippen LogP contribution in [0.4, 0.5) is 0 Å². The molecule has 0 bridgehead atoms. The van der Waals surface area contributed by atoms with Crippen molar-refractivity contribution in [3.8, 4) is 0 Å². The Morgan fingerprint density at radius 3 is 2.68 bits per heavy atom. The van der Waals surface area contributed by atoms with Gasteiger partial charge < -0.3 is 4.74 Å². The summed E-state index contributed by atoms with van der Waals surface area (Å²) in [7, 11) is 0. The van der Waals surface area contributed by atoms with Gasteiger partial charge in [-0.3, -0.25) is 0 Å². The van der Waals surface area contributed by atoms with Crippen LogP contribution in [0.25, 0.3) is 6.08 Å². The van der Waals surface area contributed by atoms with Gasteiger partial charge in [-0.25, -0.2) is 9.79 Å². The second-order valence-electron chi connectivity index (χ2n) is 4.70. The van der Waals surface area contributed by atoms with Gasteiger partial charge in [0.05, 0.1) is 10.0 Å². The molecule has 0 saturated heterocycles. The average molecular weight is 298 g/mol. The van der Waals surface area contributed by atoms with Crippen LogP contribution in [0.2, 0.25) is 10.0 Å². The van der Waals surface area contributed by atoms with E-state index in [-0.39, 0.29) is 5.70 Å². The van der Waals surface area contributed by atoms with E-state index in [0.29, 0.717) is 28.3 Å². The van der Waals surface area contributed by atoms with E-state index in [1.165, 1.54) is 0 Å². The maximum atomic E-state index is 11.7. The highest BCUT2D eigenvalue weighted by Gasteiger charge is 2.23. The fourth-order valence-corrected chi connectivity index (χ4v) is 1.96. The first-order valence-electron chi connectivity index (χ1n) is 5.92. The Labute approximate surface area is 121 Å². The topological polar surface area (TPSA) is 38.7 Å². The number of benzene rings is 1. The van der Waals surface area contributed by atoms with Crippen LogP contribution in [-0.4, -0.2) is 11.9 Å². The molecule has 1 heterocycles.